The molecule has 11 rings (SSSR count). The molecule has 1 aliphatic carbocycles. The van der Waals surface area contributed by atoms with Crippen LogP contribution in [0.5, 0.6) is 0 Å². The van der Waals surface area contributed by atoms with Gasteiger partial charge in [0.05, 0.1) is 27.4 Å². The van der Waals surface area contributed by atoms with Gasteiger partial charge in [0.15, 0.2) is 5.43 Å². The van der Waals surface area contributed by atoms with Crippen LogP contribution in [-0.2, 0) is 5.41 Å². The molecule has 4 heterocycles. The summed E-state index contributed by atoms with van der Waals surface area (Å²) >= 11 is 0. The molecule has 6 aromatic carbocycles. The van der Waals surface area contributed by atoms with Crippen LogP contribution in [0.3, 0.4) is 0 Å². The molecule has 0 N–H and O–H groups in total. The Morgan fingerprint density at radius 3 is 1.74 bits per heavy atom. The fourth-order valence-corrected chi connectivity index (χ4v) is 8.58. The summed E-state index contributed by atoms with van der Waals surface area (Å²) in [5.41, 5.74) is 9.52. The lowest BCUT2D eigenvalue weighted by atomic mass is 9.65. The molecule has 9 aromatic rings. The number of fused-ring (bicyclic) bond motifs is 11. The SMILES string of the molecule is O=c1c2cccc3c2n2c4c(cccc4c(=O)c4c5oc6ccccc6c5cc1c42)C31c2ccccc2-c2ccccc21. The normalized spacial score (nSPS) is 14.4. The molecule has 3 aromatic heterocycles. The summed E-state index contributed by atoms with van der Waals surface area (Å²) < 4.78 is 8.60. The molecule has 1 spiro atoms. The fraction of sp³-hybridized carbons (Fsp3) is 0.0256. The summed E-state index contributed by atoms with van der Waals surface area (Å²) in [6.45, 7) is 0. The third-order valence-corrected chi connectivity index (χ3v) is 10.1. The van der Waals surface area contributed by atoms with Crippen LogP contribution in [0.2, 0.25) is 0 Å². The number of aromatic nitrogens is 1. The molecule has 0 radical (unpaired) electrons. The Morgan fingerprint density at radius 1 is 0.488 bits per heavy atom. The van der Waals surface area contributed by atoms with Crippen molar-refractivity contribution in [3.8, 4) is 11.1 Å². The van der Waals surface area contributed by atoms with Gasteiger partial charge in [0, 0.05) is 26.9 Å². The van der Waals surface area contributed by atoms with Gasteiger partial charge in [-0.3, -0.25) is 9.59 Å². The maximum absolute atomic E-state index is 14.7. The molecule has 2 aliphatic rings. The van der Waals surface area contributed by atoms with Crippen molar-refractivity contribution in [2.75, 3.05) is 0 Å². The lowest BCUT2D eigenvalue weighted by Crippen LogP contribution is -2.34. The molecule has 4 nitrogen and oxygen atoms in total. The molecular formula is C39H19NO3. The zero-order valence-corrected chi connectivity index (χ0v) is 22.6. The average molecular weight is 550 g/mol. The number of hydrogen-bond donors (Lipinski definition) is 0. The molecule has 0 unspecified atom stereocenters. The summed E-state index contributed by atoms with van der Waals surface area (Å²) in [6.07, 6.45) is 0. The van der Waals surface area contributed by atoms with Crippen molar-refractivity contribution in [2.45, 2.75) is 5.41 Å². The molecule has 4 heteroatoms. The van der Waals surface area contributed by atoms with Gasteiger partial charge in [-0.2, -0.15) is 0 Å². The zero-order chi connectivity index (χ0) is 28.2. The predicted octanol–water partition coefficient (Wildman–Crippen LogP) is 8.13. The first-order chi connectivity index (χ1) is 21.2. The maximum atomic E-state index is 14.7. The molecule has 0 saturated heterocycles. The maximum Gasteiger partial charge on any atom is 0.201 e. The minimum Gasteiger partial charge on any atom is -0.455 e. The van der Waals surface area contributed by atoms with Crippen LogP contribution in [0.4, 0.5) is 0 Å². The van der Waals surface area contributed by atoms with Crippen molar-refractivity contribution in [3.05, 3.63) is 158 Å². The van der Waals surface area contributed by atoms with Crippen LogP contribution in [0.15, 0.2) is 129 Å². The number of hydrogen-bond acceptors (Lipinski definition) is 3. The second-order valence-electron chi connectivity index (χ2n) is 11.9. The van der Waals surface area contributed by atoms with Crippen molar-refractivity contribution in [3.63, 3.8) is 0 Å². The molecule has 0 fully saturated rings. The van der Waals surface area contributed by atoms with Crippen LogP contribution in [-0.4, -0.2) is 4.40 Å². The molecule has 1 aliphatic heterocycles. The van der Waals surface area contributed by atoms with Gasteiger partial charge in [-0.15, -0.1) is 0 Å². The molecule has 0 bridgehead atoms. The standard InChI is InChI=1S/C39H19NO3/c41-36-23-12-7-16-29-33(23)40-34-24(37(42)32-35(40)26(36)19-25-22-11-3-6-18-31(22)43-38(25)32)13-8-17-30(34)39(29)27-14-4-1-9-20(27)21-10-2-5-15-28(21)39/h1-19H. The minimum atomic E-state index is -0.681. The van der Waals surface area contributed by atoms with Crippen molar-refractivity contribution < 1.29 is 4.42 Å². The molecule has 0 atom stereocenters. The van der Waals surface area contributed by atoms with Gasteiger partial charge in [0.1, 0.15) is 11.2 Å². The minimum absolute atomic E-state index is 0.0677. The summed E-state index contributed by atoms with van der Waals surface area (Å²) in [5.74, 6) is 0. The van der Waals surface area contributed by atoms with Crippen LogP contribution < -0.4 is 10.9 Å². The third-order valence-electron chi connectivity index (χ3n) is 10.1. The highest BCUT2D eigenvalue weighted by molar-refractivity contribution is 6.23. The number of para-hydroxylation sites is 3. The summed E-state index contributed by atoms with van der Waals surface area (Å²) in [7, 11) is 0. The Kier molecular flexibility index (Phi) is 3.57. The van der Waals surface area contributed by atoms with Gasteiger partial charge >= 0.3 is 0 Å². The summed E-state index contributed by atoms with van der Waals surface area (Å²) in [5, 5.41) is 3.96. The number of benzene rings is 6. The van der Waals surface area contributed by atoms with E-state index in [1.807, 2.05) is 54.6 Å². The highest BCUT2D eigenvalue weighted by atomic mass is 16.3. The highest BCUT2D eigenvalue weighted by Gasteiger charge is 2.50. The van der Waals surface area contributed by atoms with Crippen molar-refractivity contribution in [1.82, 2.24) is 4.40 Å². The first-order valence-corrected chi connectivity index (χ1v) is 14.5. The topological polar surface area (TPSA) is 51.7 Å². The van der Waals surface area contributed by atoms with Gasteiger partial charge in [-0.05, 0) is 57.6 Å². The molecule has 0 saturated carbocycles. The Labute approximate surface area is 243 Å². The molecule has 198 valence electrons. The second-order valence-corrected chi connectivity index (χ2v) is 11.9. The lowest BCUT2D eigenvalue weighted by Gasteiger charge is -2.39. The van der Waals surface area contributed by atoms with E-state index in [1.54, 1.807) is 0 Å². The van der Waals surface area contributed by atoms with E-state index in [1.165, 1.54) is 22.3 Å². The van der Waals surface area contributed by atoms with E-state index in [-0.39, 0.29) is 10.9 Å². The van der Waals surface area contributed by atoms with Crippen LogP contribution in [0, 0.1) is 0 Å². The van der Waals surface area contributed by atoms with E-state index in [0.29, 0.717) is 38.2 Å². The van der Waals surface area contributed by atoms with Crippen LogP contribution >= 0.6 is 0 Å². The monoisotopic (exact) mass is 549 g/mol. The summed E-state index contributed by atoms with van der Waals surface area (Å²) in [4.78, 5) is 29.3. The molecule has 43 heavy (non-hydrogen) atoms. The second kappa shape index (κ2) is 7.00. The van der Waals surface area contributed by atoms with E-state index in [9.17, 15) is 9.59 Å². The quantitative estimate of drug-likeness (QED) is 0.142. The summed E-state index contributed by atoms with van der Waals surface area (Å²) in [6, 6.07) is 39.0. The van der Waals surface area contributed by atoms with E-state index in [4.69, 9.17) is 4.42 Å². The van der Waals surface area contributed by atoms with Crippen LogP contribution in [0.25, 0.3) is 71.2 Å². The Morgan fingerprint density at radius 2 is 1.05 bits per heavy atom. The number of furan rings is 1. The van der Waals surface area contributed by atoms with Crippen molar-refractivity contribution in [2.24, 2.45) is 0 Å². The van der Waals surface area contributed by atoms with E-state index in [2.05, 4.69) is 65.1 Å². The van der Waals surface area contributed by atoms with Crippen molar-refractivity contribution in [1.29, 1.82) is 0 Å². The predicted molar refractivity (Wildman–Crippen MR) is 172 cm³/mol. The van der Waals surface area contributed by atoms with E-state index >= 15 is 0 Å². The first kappa shape index (κ1) is 21.9. The average Bonchev–Trinajstić information content (AvgIpc) is 3.57. The largest absolute Gasteiger partial charge is 0.455 e. The van der Waals surface area contributed by atoms with Gasteiger partial charge < -0.3 is 8.82 Å². The third kappa shape index (κ3) is 2.19. The Bertz CT molecular complexity index is 2820. The highest BCUT2D eigenvalue weighted by Crippen LogP contribution is 2.59. The van der Waals surface area contributed by atoms with Gasteiger partial charge in [0.25, 0.3) is 0 Å². The fourth-order valence-electron chi connectivity index (χ4n) is 8.58. The van der Waals surface area contributed by atoms with E-state index < -0.39 is 5.41 Å². The smallest absolute Gasteiger partial charge is 0.201 e. The Balaban J connectivity index is 1.51. The van der Waals surface area contributed by atoms with Gasteiger partial charge in [-0.1, -0.05) is 91.0 Å². The number of pyridine rings is 2. The number of nitrogens with zero attached hydrogens (tertiary/aromatic N) is 1. The number of rotatable bonds is 0. The van der Waals surface area contributed by atoms with Crippen LogP contribution in [0.1, 0.15) is 22.3 Å². The van der Waals surface area contributed by atoms with Gasteiger partial charge in [-0.25, -0.2) is 0 Å². The van der Waals surface area contributed by atoms with Crippen molar-refractivity contribution >= 4 is 60.0 Å². The molecular weight excluding hydrogens is 530 g/mol. The molecule has 0 amide bonds. The lowest BCUT2D eigenvalue weighted by molar-refractivity contribution is 0.672. The van der Waals surface area contributed by atoms with Gasteiger partial charge in [0.2, 0.25) is 5.43 Å². The first-order valence-electron chi connectivity index (χ1n) is 14.5. The Hall–Kier alpha value is -5.74. The zero-order valence-electron chi connectivity index (χ0n) is 22.6. The van der Waals surface area contributed by atoms with E-state index in [0.717, 1.165) is 32.9 Å².